The van der Waals surface area contributed by atoms with Crippen LogP contribution in [-0.4, -0.2) is 38.7 Å². The first-order valence-corrected chi connectivity index (χ1v) is 6.92. The molecule has 2 heterocycles. The van der Waals surface area contributed by atoms with E-state index < -0.39 is 11.2 Å². The molecule has 104 valence electrons. The van der Waals surface area contributed by atoms with Crippen molar-refractivity contribution in [2.24, 2.45) is 0 Å². The van der Waals surface area contributed by atoms with Gasteiger partial charge < -0.3 is 5.11 Å². The van der Waals surface area contributed by atoms with E-state index in [0.29, 0.717) is 18.0 Å². The number of aromatic amines is 1. The minimum absolute atomic E-state index is 0.0322. The molecule has 1 atom stereocenters. The predicted molar refractivity (Wildman–Crippen MR) is 70.6 cm³/mol. The molecule has 0 amide bonds. The van der Waals surface area contributed by atoms with E-state index in [1.165, 1.54) is 17.4 Å². The third-order valence-corrected chi connectivity index (χ3v) is 4.19. The fraction of sp³-hybridized carbons (Fsp3) is 0.692. The van der Waals surface area contributed by atoms with Crippen LogP contribution in [0.15, 0.2) is 9.59 Å². The first-order chi connectivity index (χ1) is 9.11. The second kappa shape index (κ2) is 4.52. The molecule has 1 aromatic rings. The van der Waals surface area contributed by atoms with Crippen molar-refractivity contribution in [2.75, 3.05) is 13.1 Å². The van der Waals surface area contributed by atoms with Crippen molar-refractivity contribution in [3.8, 4) is 5.88 Å². The number of aromatic hydroxyl groups is 1. The number of rotatable bonds is 3. The number of hydrogen-bond donors (Lipinski definition) is 2. The average Bonchev–Trinajstić information content (AvgIpc) is 3.10. The van der Waals surface area contributed by atoms with Crippen molar-refractivity contribution in [1.29, 1.82) is 0 Å². The molecule has 0 spiro atoms. The second-order valence-electron chi connectivity index (χ2n) is 5.45. The van der Waals surface area contributed by atoms with Crippen LogP contribution in [0.4, 0.5) is 0 Å². The Morgan fingerprint density at radius 2 is 2.00 bits per heavy atom. The Balaban J connectivity index is 1.96. The van der Waals surface area contributed by atoms with Crippen molar-refractivity contribution >= 4 is 0 Å². The van der Waals surface area contributed by atoms with Crippen LogP contribution < -0.4 is 11.2 Å². The molecule has 1 aliphatic carbocycles. The first-order valence-electron chi connectivity index (χ1n) is 6.92. The zero-order chi connectivity index (χ0) is 13.6. The molecule has 1 aromatic heterocycles. The summed E-state index contributed by atoms with van der Waals surface area (Å²) in [5.41, 5.74) is -0.676. The quantitative estimate of drug-likeness (QED) is 0.819. The largest absolute Gasteiger partial charge is 0.494 e. The number of H-pyrrole nitrogens is 1. The zero-order valence-corrected chi connectivity index (χ0v) is 11.1. The molecule has 1 saturated carbocycles. The predicted octanol–water partition coefficient (Wildman–Crippen LogP) is 0.214. The molecule has 2 fully saturated rings. The molecule has 0 bridgehead atoms. The third kappa shape index (κ3) is 2.10. The summed E-state index contributed by atoms with van der Waals surface area (Å²) in [7, 11) is 0. The van der Waals surface area contributed by atoms with Crippen LogP contribution in [0.25, 0.3) is 0 Å². The van der Waals surface area contributed by atoms with Gasteiger partial charge in [-0.2, -0.15) is 0 Å². The first kappa shape index (κ1) is 12.5. The van der Waals surface area contributed by atoms with Gasteiger partial charge in [0.15, 0.2) is 0 Å². The van der Waals surface area contributed by atoms with Crippen LogP contribution in [0, 0.1) is 0 Å². The number of nitrogens with one attached hydrogen (secondary N) is 1. The molecule has 2 N–H and O–H groups in total. The van der Waals surface area contributed by atoms with Gasteiger partial charge in [0.05, 0.1) is 11.6 Å². The van der Waals surface area contributed by atoms with Gasteiger partial charge in [-0.25, -0.2) is 4.79 Å². The van der Waals surface area contributed by atoms with Gasteiger partial charge in [0.2, 0.25) is 5.88 Å². The highest BCUT2D eigenvalue weighted by Gasteiger charge is 2.36. The van der Waals surface area contributed by atoms with E-state index in [9.17, 15) is 14.7 Å². The Kier molecular flexibility index (Phi) is 2.97. The summed E-state index contributed by atoms with van der Waals surface area (Å²) < 4.78 is 1.36. The molecule has 1 unspecified atom stereocenters. The van der Waals surface area contributed by atoms with Crippen LogP contribution in [0.1, 0.15) is 37.8 Å². The lowest BCUT2D eigenvalue weighted by Gasteiger charge is -2.18. The SMILES string of the molecule is CCc1c(O)n(C2CCN(C3CC3)C2)c(=O)[nH]c1=O. The lowest BCUT2D eigenvalue weighted by atomic mass is 10.2. The van der Waals surface area contributed by atoms with E-state index in [-0.39, 0.29) is 11.9 Å². The van der Waals surface area contributed by atoms with Crippen molar-refractivity contribution < 1.29 is 5.11 Å². The van der Waals surface area contributed by atoms with E-state index in [1.54, 1.807) is 6.92 Å². The van der Waals surface area contributed by atoms with Gasteiger partial charge in [-0.15, -0.1) is 0 Å². The fourth-order valence-corrected chi connectivity index (χ4v) is 2.98. The lowest BCUT2D eigenvalue weighted by molar-refractivity contribution is 0.300. The maximum atomic E-state index is 11.9. The highest BCUT2D eigenvalue weighted by atomic mass is 16.3. The summed E-state index contributed by atoms with van der Waals surface area (Å²) >= 11 is 0. The van der Waals surface area contributed by atoms with Crippen LogP contribution in [-0.2, 0) is 6.42 Å². The topological polar surface area (TPSA) is 78.3 Å². The number of hydrogen-bond acceptors (Lipinski definition) is 4. The molecule has 1 saturated heterocycles. The molecule has 6 nitrogen and oxygen atoms in total. The highest BCUT2D eigenvalue weighted by Crippen LogP contribution is 2.34. The fourth-order valence-electron chi connectivity index (χ4n) is 2.98. The van der Waals surface area contributed by atoms with Crippen LogP contribution >= 0.6 is 0 Å². The van der Waals surface area contributed by atoms with E-state index in [2.05, 4.69) is 9.88 Å². The molecule has 2 aliphatic rings. The Hall–Kier alpha value is -1.56. The summed E-state index contributed by atoms with van der Waals surface area (Å²) in [5.74, 6) is -0.154. The minimum atomic E-state index is -0.498. The number of likely N-dealkylation sites (tertiary alicyclic amines) is 1. The smallest absolute Gasteiger partial charge is 0.331 e. The normalized spacial score (nSPS) is 23.9. The standard InChI is InChI=1S/C13H19N3O3/c1-2-10-11(17)14-13(19)16(12(10)18)9-5-6-15(7-9)8-3-4-8/h8-9,18H,2-7H2,1H3,(H,14,17,19). The lowest BCUT2D eigenvalue weighted by Crippen LogP contribution is -2.35. The Morgan fingerprint density at radius 1 is 1.26 bits per heavy atom. The molecule has 6 heteroatoms. The summed E-state index contributed by atoms with van der Waals surface area (Å²) in [6.45, 7) is 3.54. The van der Waals surface area contributed by atoms with Gasteiger partial charge in [0, 0.05) is 19.1 Å². The Labute approximate surface area is 110 Å². The minimum Gasteiger partial charge on any atom is -0.494 e. The van der Waals surface area contributed by atoms with Crippen molar-refractivity contribution in [3.05, 3.63) is 26.4 Å². The summed E-state index contributed by atoms with van der Waals surface area (Å²) in [5, 5.41) is 10.2. The van der Waals surface area contributed by atoms with Gasteiger partial charge in [0.1, 0.15) is 0 Å². The Bertz CT molecular complexity index is 600. The number of aromatic nitrogens is 2. The average molecular weight is 265 g/mol. The maximum Gasteiger partial charge on any atom is 0.331 e. The summed E-state index contributed by atoms with van der Waals surface area (Å²) in [6, 6.07) is 0.631. The molecule has 19 heavy (non-hydrogen) atoms. The van der Waals surface area contributed by atoms with Gasteiger partial charge in [-0.1, -0.05) is 6.92 Å². The van der Waals surface area contributed by atoms with Gasteiger partial charge in [0.25, 0.3) is 5.56 Å². The zero-order valence-electron chi connectivity index (χ0n) is 11.1. The summed E-state index contributed by atoms with van der Waals surface area (Å²) in [4.78, 5) is 28.2. The molecule has 0 radical (unpaired) electrons. The molecule has 1 aliphatic heterocycles. The van der Waals surface area contributed by atoms with Crippen LogP contribution in [0.5, 0.6) is 5.88 Å². The third-order valence-electron chi connectivity index (χ3n) is 4.19. The molecule has 0 aromatic carbocycles. The molecule has 3 rings (SSSR count). The monoisotopic (exact) mass is 265 g/mol. The van der Waals surface area contributed by atoms with Gasteiger partial charge in [-0.05, 0) is 25.7 Å². The van der Waals surface area contributed by atoms with Gasteiger partial charge >= 0.3 is 5.69 Å². The van der Waals surface area contributed by atoms with E-state index in [4.69, 9.17) is 0 Å². The van der Waals surface area contributed by atoms with E-state index in [1.807, 2.05) is 0 Å². The van der Waals surface area contributed by atoms with Crippen molar-refractivity contribution in [3.63, 3.8) is 0 Å². The summed E-state index contributed by atoms with van der Waals surface area (Å²) in [6.07, 6.45) is 3.73. The van der Waals surface area contributed by atoms with Gasteiger partial charge in [-0.3, -0.25) is 19.2 Å². The Morgan fingerprint density at radius 3 is 2.63 bits per heavy atom. The maximum absolute atomic E-state index is 11.9. The van der Waals surface area contributed by atoms with Crippen LogP contribution in [0.3, 0.4) is 0 Å². The van der Waals surface area contributed by atoms with Crippen LogP contribution in [0.2, 0.25) is 0 Å². The van der Waals surface area contributed by atoms with E-state index in [0.717, 1.165) is 19.5 Å². The number of nitrogens with zero attached hydrogens (tertiary/aromatic N) is 2. The van der Waals surface area contributed by atoms with Crippen molar-refractivity contribution in [1.82, 2.24) is 14.5 Å². The second-order valence-corrected chi connectivity index (χ2v) is 5.45. The molecular weight excluding hydrogens is 246 g/mol. The van der Waals surface area contributed by atoms with Crippen molar-refractivity contribution in [2.45, 2.75) is 44.7 Å². The molecular formula is C13H19N3O3. The highest BCUT2D eigenvalue weighted by molar-refractivity contribution is 5.23. The van der Waals surface area contributed by atoms with E-state index >= 15 is 0 Å².